The molecule has 2 aliphatic rings. The van der Waals surface area contributed by atoms with E-state index in [0.29, 0.717) is 11.6 Å². The lowest BCUT2D eigenvalue weighted by atomic mass is 9.97. The Labute approximate surface area is 168 Å². The lowest BCUT2D eigenvalue weighted by Crippen LogP contribution is -2.33. The molecule has 0 fully saturated rings. The van der Waals surface area contributed by atoms with Crippen molar-refractivity contribution in [2.75, 3.05) is 6.61 Å². The van der Waals surface area contributed by atoms with Gasteiger partial charge in [-0.15, -0.1) is 0 Å². The summed E-state index contributed by atoms with van der Waals surface area (Å²) in [5, 5.41) is 7.53. The Morgan fingerprint density at radius 2 is 2.07 bits per heavy atom. The highest BCUT2D eigenvalue weighted by atomic mass is 35.5. The zero-order valence-corrected chi connectivity index (χ0v) is 16.1. The Bertz CT molecular complexity index is 1030. The largest absolute Gasteiger partial charge is 0.490 e. The topological polar surface area (TPSA) is 47.2 Å². The van der Waals surface area contributed by atoms with E-state index in [1.165, 1.54) is 0 Å². The minimum atomic E-state index is -0.398. The van der Waals surface area contributed by atoms with Crippen LogP contribution < -0.4 is 9.47 Å². The molecular weight excluding hydrogens is 376 g/mol. The van der Waals surface area contributed by atoms with E-state index in [0.717, 1.165) is 40.5 Å². The third-order valence-corrected chi connectivity index (χ3v) is 5.25. The summed E-state index contributed by atoms with van der Waals surface area (Å²) < 4.78 is 17.9. The molecule has 6 heteroatoms. The molecule has 2 atom stereocenters. The maximum atomic E-state index is 6.44. The first-order valence-electron chi connectivity index (χ1n) is 9.32. The number of nitrogens with zero attached hydrogens (tertiary/aromatic N) is 2. The molecule has 3 heterocycles. The molecule has 0 aliphatic carbocycles. The van der Waals surface area contributed by atoms with E-state index in [2.05, 4.69) is 6.07 Å². The van der Waals surface area contributed by atoms with E-state index in [-0.39, 0.29) is 6.04 Å². The molecule has 2 aromatic carbocycles. The van der Waals surface area contributed by atoms with Crippen LogP contribution in [0.2, 0.25) is 5.02 Å². The SMILES string of the molecule is CCOc1cccc2c1O[C@H](c1cccc(Cl)c1)N1N=C(c3ccco3)C[C@@H]21. The fourth-order valence-electron chi connectivity index (χ4n) is 3.82. The second kappa shape index (κ2) is 6.91. The fraction of sp³-hybridized carbons (Fsp3) is 0.227. The second-order valence-electron chi connectivity index (χ2n) is 6.76. The Kier molecular flexibility index (Phi) is 4.24. The predicted molar refractivity (Wildman–Crippen MR) is 107 cm³/mol. The molecule has 0 N–H and O–H groups in total. The maximum absolute atomic E-state index is 6.44. The van der Waals surface area contributed by atoms with Crippen LogP contribution in [0.3, 0.4) is 0 Å². The first-order valence-corrected chi connectivity index (χ1v) is 9.70. The van der Waals surface area contributed by atoms with E-state index >= 15 is 0 Å². The highest BCUT2D eigenvalue weighted by Gasteiger charge is 2.42. The molecule has 5 rings (SSSR count). The minimum Gasteiger partial charge on any atom is -0.490 e. The zero-order chi connectivity index (χ0) is 19.1. The molecular formula is C22H19ClN2O3. The normalized spacial score (nSPS) is 20.2. The number of rotatable bonds is 4. The molecule has 1 aromatic heterocycles. The summed E-state index contributed by atoms with van der Waals surface area (Å²) in [6, 6.07) is 17.6. The highest BCUT2D eigenvalue weighted by molar-refractivity contribution is 6.30. The van der Waals surface area contributed by atoms with Crippen LogP contribution in [0.5, 0.6) is 11.5 Å². The van der Waals surface area contributed by atoms with Crippen molar-refractivity contribution in [2.24, 2.45) is 5.10 Å². The molecule has 0 saturated heterocycles. The number of para-hydroxylation sites is 1. The monoisotopic (exact) mass is 394 g/mol. The number of hydrazone groups is 1. The summed E-state index contributed by atoms with van der Waals surface area (Å²) in [6.07, 6.45) is 2.00. The molecule has 0 amide bonds. The molecule has 3 aromatic rings. The summed E-state index contributed by atoms with van der Waals surface area (Å²) in [4.78, 5) is 0. The lowest BCUT2D eigenvalue weighted by Gasteiger charge is -2.38. The van der Waals surface area contributed by atoms with Gasteiger partial charge < -0.3 is 13.9 Å². The number of furan rings is 1. The number of halogens is 1. The number of benzene rings is 2. The van der Waals surface area contributed by atoms with Crippen molar-refractivity contribution in [1.82, 2.24) is 5.01 Å². The summed E-state index contributed by atoms with van der Waals surface area (Å²) in [5.74, 6) is 2.30. The van der Waals surface area contributed by atoms with Gasteiger partial charge >= 0.3 is 0 Å². The number of hydrogen-bond acceptors (Lipinski definition) is 5. The molecule has 0 unspecified atom stereocenters. The Morgan fingerprint density at radius 1 is 1.18 bits per heavy atom. The van der Waals surface area contributed by atoms with Crippen LogP contribution in [0.4, 0.5) is 0 Å². The third-order valence-electron chi connectivity index (χ3n) is 5.02. The summed E-state index contributed by atoms with van der Waals surface area (Å²) in [6.45, 7) is 2.54. The van der Waals surface area contributed by atoms with Gasteiger partial charge in [0.1, 0.15) is 11.5 Å². The van der Waals surface area contributed by atoms with Crippen LogP contribution in [0.1, 0.15) is 42.5 Å². The summed E-state index contributed by atoms with van der Waals surface area (Å²) in [7, 11) is 0. The van der Waals surface area contributed by atoms with Crippen molar-refractivity contribution in [1.29, 1.82) is 0 Å². The van der Waals surface area contributed by atoms with Gasteiger partial charge in [-0.25, -0.2) is 5.01 Å². The van der Waals surface area contributed by atoms with Crippen LogP contribution in [-0.4, -0.2) is 17.3 Å². The minimum absolute atomic E-state index is 0.0354. The van der Waals surface area contributed by atoms with Gasteiger partial charge in [-0.3, -0.25) is 0 Å². The fourth-order valence-corrected chi connectivity index (χ4v) is 4.02. The van der Waals surface area contributed by atoms with Crippen molar-refractivity contribution in [3.8, 4) is 11.5 Å². The van der Waals surface area contributed by atoms with Crippen LogP contribution in [0.15, 0.2) is 70.4 Å². The van der Waals surface area contributed by atoms with E-state index in [1.54, 1.807) is 6.26 Å². The van der Waals surface area contributed by atoms with E-state index in [9.17, 15) is 0 Å². The second-order valence-corrected chi connectivity index (χ2v) is 7.19. The summed E-state index contributed by atoms with van der Waals surface area (Å²) in [5.41, 5.74) is 2.91. The van der Waals surface area contributed by atoms with Gasteiger partial charge in [0, 0.05) is 22.6 Å². The number of hydrogen-bond donors (Lipinski definition) is 0. The Morgan fingerprint density at radius 3 is 2.86 bits per heavy atom. The van der Waals surface area contributed by atoms with Crippen LogP contribution >= 0.6 is 11.6 Å². The van der Waals surface area contributed by atoms with Gasteiger partial charge in [0.25, 0.3) is 0 Å². The molecule has 0 spiro atoms. The zero-order valence-electron chi connectivity index (χ0n) is 15.3. The molecule has 0 saturated carbocycles. The standard InChI is InChI=1S/C22H19ClN2O3/c1-2-26-20-9-4-8-16-18-13-17(19-10-5-11-27-19)24-25(18)22(28-21(16)20)14-6-3-7-15(23)12-14/h3-12,18,22H,2,13H2,1H3/t18-,22+/m0/s1. The first-order chi connectivity index (χ1) is 13.7. The smallest absolute Gasteiger partial charge is 0.214 e. The van der Waals surface area contributed by atoms with E-state index in [1.807, 2.05) is 60.5 Å². The van der Waals surface area contributed by atoms with Gasteiger partial charge in [-0.05, 0) is 37.3 Å². The summed E-state index contributed by atoms with van der Waals surface area (Å²) >= 11 is 6.25. The van der Waals surface area contributed by atoms with Gasteiger partial charge in [0.15, 0.2) is 11.5 Å². The van der Waals surface area contributed by atoms with Crippen molar-refractivity contribution < 1.29 is 13.9 Å². The average Bonchev–Trinajstić information content (AvgIpc) is 3.38. The molecule has 5 nitrogen and oxygen atoms in total. The Balaban J connectivity index is 1.63. The number of fused-ring (bicyclic) bond motifs is 3. The predicted octanol–water partition coefficient (Wildman–Crippen LogP) is 5.57. The van der Waals surface area contributed by atoms with Gasteiger partial charge in [0.2, 0.25) is 6.23 Å². The van der Waals surface area contributed by atoms with Crippen molar-refractivity contribution >= 4 is 17.3 Å². The van der Waals surface area contributed by atoms with Crippen LogP contribution in [0.25, 0.3) is 0 Å². The van der Waals surface area contributed by atoms with Crippen LogP contribution in [-0.2, 0) is 0 Å². The van der Waals surface area contributed by atoms with Gasteiger partial charge in [0.05, 0.1) is 18.9 Å². The highest BCUT2D eigenvalue weighted by Crippen LogP contribution is 2.50. The molecule has 0 bridgehead atoms. The van der Waals surface area contributed by atoms with E-state index < -0.39 is 6.23 Å². The third kappa shape index (κ3) is 2.83. The first kappa shape index (κ1) is 17.2. The maximum Gasteiger partial charge on any atom is 0.214 e. The van der Waals surface area contributed by atoms with Crippen molar-refractivity contribution in [3.63, 3.8) is 0 Å². The molecule has 142 valence electrons. The molecule has 28 heavy (non-hydrogen) atoms. The molecule has 2 aliphatic heterocycles. The Hall–Kier alpha value is -2.92. The average molecular weight is 395 g/mol. The number of ether oxygens (including phenoxy) is 2. The van der Waals surface area contributed by atoms with Gasteiger partial charge in [-0.1, -0.05) is 35.9 Å². The van der Waals surface area contributed by atoms with Crippen molar-refractivity contribution in [2.45, 2.75) is 25.6 Å². The quantitative estimate of drug-likeness (QED) is 0.580. The molecule has 0 radical (unpaired) electrons. The van der Waals surface area contributed by atoms with Gasteiger partial charge in [-0.2, -0.15) is 5.10 Å². The lowest BCUT2D eigenvalue weighted by molar-refractivity contribution is -0.0212. The van der Waals surface area contributed by atoms with Crippen LogP contribution in [0, 0.1) is 0 Å². The van der Waals surface area contributed by atoms with E-state index in [4.69, 9.17) is 30.6 Å². The van der Waals surface area contributed by atoms with Crippen molar-refractivity contribution in [3.05, 3.63) is 82.8 Å².